The first-order valence-electron chi connectivity index (χ1n) is 11.3. The fourth-order valence-electron chi connectivity index (χ4n) is 3.99. The zero-order valence-electron chi connectivity index (χ0n) is 19.3. The van der Waals surface area contributed by atoms with E-state index in [1.54, 1.807) is 6.07 Å². The maximum atomic E-state index is 13.2. The van der Waals surface area contributed by atoms with E-state index < -0.39 is 43.0 Å². The monoisotopic (exact) mass is 510 g/mol. The number of rotatable bonds is 8. The van der Waals surface area contributed by atoms with E-state index in [2.05, 4.69) is 20.5 Å². The summed E-state index contributed by atoms with van der Waals surface area (Å²) in [4.78, 5) is 33.4. The van der Waals surface area contributed by atoms with Gasteiger partial charge in [-0.3, -0.25) is 15.0 Å². The van der Waals surface area contributed by atoms with Crippen LogP contribution in [0.4, 0.5) is 35.3 Å². The van der Waals surface area contributed by atoms with Crippen molar-refractivity contribution >= 4 is 29.1 Å². The number of carbonyl (C=O) groups is 2. The van der Waals surface area contributed by atoms with Crippen LogP contribution in [0.25, 0.3) is 0 Å². The van der Waals surface area contributed by atoms with Crippen molar-refractivity contribution in [2.24, 2.45) is 5.92 Å². The van der Waals surface area contributed by atoms with Crippen LogP contribution in [0, 0.1) is 5.92 Å². The number of anilines is 3. The van der Waals surface area contributed by atoms with Gasteiger partial charge in [0.2, 0.25) is 5.88 Å². The third-order valence-electron chi connectivity index (χ3n) is 6.02. The number of urea groups is 1. The number of Topliss-reactive ketones (excluding diaryl/α,β-unsaturated/α-hetero) is 1. The lowest BCUT2D eigenvalue weighted by molar-refractivity contribution is -0.168. The molecule has 3 N–H and O–H groups in total. The van der Waals surface area contributed by atoms with Crippen LogP contribution in [0.15, 0.2) is 24.3 Å². The smallest absolute Gasteiger partial charge is 0.391 e. The molecule has 3 atom stereocenters. The normalized spacial score (nSPS) is 18.4. The number of fused-ring (bicyclic) bond motifs is 4. The Morgan fingerprint density at radius 2 is 2.03 bits per heavy atom. The molecule has 0 saturated carbocycles. The number of amides is 2. The van der Waals surface area contributed by atoms with Crippen LogP contribution >= 0.6 is 0 Å². The number of nitrogens with one attached hydrogen (secondary N) is 1. The van der Waals surface area contributed by atoms with E-state index in [1.807, 2.05) is 4.90 Å². The molecule has 0 aromatic carbocycles. The van der Waals surface area contributed by atoms with Crippen LogP contribution in [-0.2, 0) is 0 Å². The summed E-state index contributed by atoms with van der Waals surface area (Å²) in [6.07, 6.45) is -5.67. The van der Waals surface area contributed by atoms with Crippen molar-refractivity contribution in [2.75, 3.05) is 41.4 Å². The number of carbonyl (C=O) groups excluding carboxylic acids is 2. The molecule has 0 unspecified atom stereocenters. The molecule has 1 fully saturated rings. The maximum absolute atomic E-state index is 13.2. The average molecular weight is 510 g/mol. The minimum Gasteiger partial charge on any atom is -0.474 e. The van der Waals surface area contributed by atoms with E-state index in [9.17, 15) is 27.9 Å². The topological polar surface area (TPSA) is 141 Å². The summed E-state index contributed by atoms with van der Waals surface area (Å²) in [6.45, 7) is 1.49. The van der Waals surface area contributed by atoms with E-state index in [4.69, 9.17) is 9.84 Å². The Morgan fingerprint density at radius 1 is 1.25 bits per heavy atom. The second-order valence-electron chi connectivity index (χ2n) is 8.70. The van der Waals surface area contributed by atoms with Crippen molar-refractivity contribution < 1.29 is 37.7 Å². The molecule has 1 saturated heterocycles. The van der Waals surface area contributed by atoms with Gasteiger partial charge in [-0.25, -0.2) is 9.78 Å². The molecule has 2 aliphatic heterocycles. The van der Waals surface area contributed by atoms with Crippen LogP contribution in [0.1, 0.15) is 30.3 Å². The summed E-state index contributed by atoms with van der Waals surface area (Å²) >= 11 is 0. The van der Waals surface area contributed by atoms with Crippen LogP contribution in [-0.4, -0.2) is 81.8 Å². The lowest BCUT2D eigenvalue weighted by atomic mass is 10.0. The zero-order valence-corrected chi connectivity index (χ0v) is 19.3. The van der Waals surface area contributed by atoms with Crippen molar-refractivity contribution in [3.63, 3.8) is 0 Å². The molecule has 2 aliphatic rings. The molecule has 0 aliphatic carbocycles. The van der Waals surface area contributed by atoms with Gasteiger partial charge in [0.25, 0.3) is 0 Å². The van der Waals surface area contributed by atoms with Gasteiger partial charge in [0.15, 0.2) is 17.4 Å². The lowest BCUT2D eigenvalue weighted by Crippen LogP contribution is -2.48. The predicted octanol–water partition coefficient (Wildman–Crippen LogP) is 2.01. The number of aliphatic hydroxyl groups is 2. The number of hydrogen-bond donors (Lipinski definition) is 3. The zero-order chi connectivity index (χ0) is 26.0. The highest BCUT2D eigenvalue weighted by Gasteiger charge is 2.41. The second-order valence-corrected chi connectivity index (χ2v) is 8.70. The highest BCUT2D eigenvalue weighted by Crippen LogP contribution is 2.39. The quantitative estimate of drug-likeness (QED) is 0.455. The molecule has 0 radical (unpaired) electrons. The molecule has 11 nitrogen and oxygen atoms in total. The largest absolute Gasteiger partial charge is 0.474 e. The van der Waals surface area contributed by atoms with E-state index in [-0.39, 0.29) is 35.9 Å². The van der Waals surface area contributed by atoms with Gasteiger partial charge in [-0.2, -0.15) is 13.2 Å². The number of ether oxygens (including phenoxy) is 1. The fraction of sp³-hybridized carbons (Fsp3) is 0.500. The Morgan fingerprint density at radius 3 is 2.69 bits per heavy atom. The maximum Gasteiger partial charge on any atom is 0.391 e. The molecule has 2 amide bonds. The van der Waals surface area contributed by atoms with Gasteiger partial charge in [-0.15, -0.1) is 10.2 Å². The SMILES string of the molecule is C[C@@H](CC(=O)c1ccc2c(n1)N(C(=O)Nc1ccc(OC[C@@H](O)CO)nn1)[C@H]1CCN2C1)C(F)(F)F. The Balaban J connectivity index is 1.51. The van der Waals surface area contributed by atoms with Gasteiger partial charge in [-0.05, 0) is 24.6 Å². The number of ketones is 1. The predicted molar refractivity (Wildman–Crippen MR) is 121 cm³/mol. The first-order valence-corrected chi connectivity index (χ1v) is 11.3. The highest BCUT2D eigenvalue weighted by atomic mass is 19.4. The summed E-state index contributed by atoms with van der Waals surface area (Å²) < 4.78 is 44.0. The minimum absolute atomic E-state index is 0.0770. The summed E-state index contributed by atoms with van der Waals surface area (Å²) in [5, 5.41) is 28.4. The number of aliphatic hydroxyl groups excluding tert-OH is 2. The number of aromatic nitrogens is 3. The third-order valence-corrected chi connectivity index (χ3v) is 6.02. The second kappa shape index (κ2) is 10.2. The molecule has 2 aromatic heterocycles. The van der Waals surface area contributed by atoms with Crippen molar-refractivity contribution in [3.8, 4) is 5.88 Å². The highest BCUT2D eigenvalue weighted by molar-refractivity contribution is 6.05. The van der Waals surface area contributed by atoms with Crippen LogP contribution in [0.5, 0.6) is 5.88 Å². The Bertz CT molecular complexity index is 1120. The first kappa shape index (κ1) is 25.6. The van der Waals surface area contributed by atoms with Crippen molar-refractivity contribution in [1.82, 2.24) is 15.2 Å². The van der Waals surface area contributed by atoms with Crippen LogP contribution in [0.2, 0.25) is 0 Å². The molecule has 14 heteroatoms. The summed E-state index contributed by atoms with van der Waals surface area (Å²) in [7, 11) is 0. The summed E-state index contributed by atoms with van der Waals surface area (Å²) in [6, 6.07) is 5.01. The van der Waals surface area contributed by atoms with Gasteiger partial charge in [0, 0.05) is 25.6 Å². The van der Waals surface area contributed by atoms with Gasteiger partial charge >= 0.3 is 12.2 Å². The van der Waals surface area contributed by atoms with Crippen LogP contribution in [0.3, 0.4) is 0 Å². The Labute approximate surface area is 203 Å². The van der Waals surface area contributed by atoms with Crippen molar-refractivity contribution in [3.05, 3.63) is 30.0 Å². The van der Waals surface area contributed by atoms with Gasteiger partial charge in [-0.1, -0.05) is 6.92 Å². The molecule has 4 heterocycles. The van der Waals surface area contributed by atoms with E-state index >= 15 is 0 Å². The summed E-state index contributed by atoms with van der Waals surface area (Å²) in [5.74, 6) is -2.21. The minimum atomic E-state index is -4.50. The number of pyridine rings is 1. The molecular weight excluding hydrogens is 485 g/mol. The molecule has 0 spiro atoms. The Kier molecular flexibility index (Phi) is 7.26. The molecule has 194 valence electrons. The molecule has 2 bridgehead atoms. The number of hydrogen-bond acceptors (Lipinski definition) is 9. The summed E-state index contributed by atoms with van der Waals surface area (Å²) in [5.41, 5.74) is 0.466. The van der Waals surface area contributed by atoms with Crippen molar-refractivity contribution in [1.29, 1.82) is 0 Å². The van der Waals surface area contributed by atoms with E-state index in [0.29, 0.717) is 25.2 Å². The molecule has 4 rings (SSSR count). The standard InChI is InChI=1S/C22H25F3N6O5/c1-12(22(23,24)25)8-17(34)15-2-3-16-20(26-15)31(13-6-7-30(16)9-13)21(35)27-18-4-5-19(29-28-18)36-11-14(33)10-32/h2-5,12-14,32-33H,6-11H2,1H3,(H,27,28,35)/t12-,13-,14-/m0/s1. The number of halogens is 3. The third kappa shape index (κ3) is 5.49. The molecule has 36 heavy (non-hydrogen) atoms. The van der Waals surface area contributed by atoms with E-state index in [1.165, 1.54) is 23.1 Å². The number of nitrogens with zero attached hydrogens (tertiary/aromatic N) is 5. The van der Waals surface area contributed by atoms with Gasteiger partial charge in [0.1, 0.15) is 18.4 Å². The van der Waals surface area contributed by atoms with Crippen molar-refractivity contribution in [2.45, 2.75) is 38.1 Å². The number of alkyl halides is 3. The van der Waals surface area contributed by atoms with Crippen LogP contribution < -0.4 is 19.9 Å². The fourth-order valence-corrected chi connectivity index (χ4v) is 3.99. The van der Waals surface area contributed by atoms with Gasteiger partial charge < -0.3 is 19.8 Å². The first-order chi connectivity index (χ1) is 17.1. The van der Waals surface area contributed by atoms with E-state index in [0.717, 1.165) is 6.92 Å². The molecular formula is C22H25F3N6O5. The Hall–Kier alpha value is -3.52. The molecule has 2 aromatic rings. The van der Waals surface area contributed by atoms with Gasteiger partial charge in [0.05, 0.1) is 24.3 Å². The average Bonchev–Trinajstić information content (AvgIpc) is 3.26. The lowest BCUT2D eigenvalue weighted by Gasteiger charge is -2.35.